The number of hydrogen-bond acceptors (Lipinski definition) is 5. The first kappa shape index (κ1) is 22.1. The number of carbonyl (C=O) groups excluding carboxylic acids is 2. The summed E-state index contributed by atoms with van der Waals surface area (Å²) < 4.78 is 12.5. The zero-order valence-corrected chi connectivity index (χ0v) is 18.5. The van der Waals surface area contributed by atoms with Gasteiger partial charge in [-0.15, -0.1) is 0 Å². The van der Waals surface area contributed by atoms with Crippen LogP contribution in [0.1, 0.15) is 75.3 Å². The van der Waals surface area contributed by atoms with Crippen molar-refractivity contribution >= 4 is 11.7 Å². The first-order valence-electron chi connectivity index (χ1n) is 10.8. The van der Waals surface area contributed by atoms with Crippen molar-refractivity contribution in [3.63, 3.8) is 0 Å². The Morgan fingerprint density at radius 2 is 1.85 bits per heavy atom. The fraction of sp³-hybridized carbons (Fsp3) is 0.222. The maximum absolute atomic E-state index is 12.4. The molecule has 1 aliphatic rings. The molecule has 6 heteroatoms. The molecule has 0 aromatic heterocycles. The summed E-state index contributed by atoms with van der Waals surface area (Å²) in [4.78, 5) is 23.9. The van der Waals surface area contributed by atoms with E-state index < -0.39 is 12.0 Å². The van der Waals surface area contributed by atoms with Crippen LogP contribution < -0.4 is 15.2 Å². The van der Waals surface area contributed by atoms with Crippen LogP contribution in [0.4, 0.5) is 0 Å². The van der Waals surface area contributed by atoms with Crippen molar-refractivity contribution in [2.75, 3.05) is 6.61 Å². The first-order valence-corrected chi connectivity index (χ1v) is 10.8. The van der Waals surface area contributed by atoms with E-state index >= 15 is 0 Å². The van der Waals surface area contributed by atoms with Gasteiger partial charge in [0, 0.05) is 17.5 Å². The summed E-state index contributed by atoms with van der Waals surface area (Å²) in [6, 6.07) is 19.8. The maximum atomic E-state index is 12.4. The van der Waals surface area contributed by atoms with Crippen LogP contribution in [-0.2, 0) is 0 Å². The van der Waals surface area contributed by atoms with Gasteiger partial charge >= 0.3 is 0 Å². The van der Waals surface area contributed by atoms with Crippen LogP contribution in [0.2, 0.25) is 0 Å². The molecule has 1 amide bonds. The second kappa shape index (κ2) is 9.17. The van der Waals surface area contributed by atoms with E-state index in [2.05, 4.69) is 6.07 Å². The standard InChI is InChI=1S/C27H24N2O4/c1-16(2)24-23(11-10-21-22(30)12-13-32-26(21)24)33-25(20-5-3-4-17(14-20)15-28)18-6-8-19(9-7-18)27(29)31/h3-11,14,16,25H,12-13H2,1-2H3,(H2,29,31)/t25-/m0/s1. The molecule has 0 spiro atoms. The van der Waals surface area contributed by atoms with Crippen molar-refractivity contribution in [2.45, 2.75) is 32.3 Å². The number of benzene rings is 3. The zero-order valence-electron chi connectivity index (χ0n) is 18.5. The molecule has 2 N–H and O–H groups in total. The minimum atomic E-state index is -0.560. The Balaban J connectivity index is 1.83. The number of fused-ring (bicyclic) bond motifs is 1. The van der Waals surface area contributed by atoms with Gasteiger partial charge in [-0.3, -0.25) is 9.59 Å². The predicted octanol–water partition coefficient (Wildman–Crippen LogP) is 4.91. The lowest BCUT2D eigenvalue weighted by atomic mass is 9.93. The molecule has 0 saturated heterocycles. The van der Waals surface area contributed by atoms with Crippen LogP contribution >= 0.6 is 0 Å². The minimum Gasteiger partial charge on any atom is -0.492 e. The van der Waals surface area contributed by atoms with Gasteiger partial charge in [0.15, 0.2) is 5.78 Å². The third kappa shape index (κ3) is 4.44. The second-order valence-electron chi connectivity index (χ2n) is 8.25. The van der Waals surface area contributed by atoms with E-state index in [1.807, 2.05) is 19.9 Å². The Bertz CT molecular complexity index is 1260. The van der Waals surface area contributed by atoms with Gasteiger partial charge in [-0.1, -0.05) is 38.1 Å². The molecule has 0 fully saturated rings. The highest BCUT2D eigenvalue weighted by molar-refractivity contribution is 6.00. The van der Waals surface area contributed by atoms with Crippen LogP contribution in [0.15, 0.2) is 60.7 Å². The lowest BCUT2D eigenvalue weighted by Gasteiger charge is -2.27. The van der Waals surface area contributed by atoms with Gasteiger partial charge in [0.25, 0.3) is 0 Å². The van der Waals surface area contributed by atoms with Crippen molar-refractivity contribution < 1.29 is 19.1 Å². The molecule has 3 aromatic carbocycles. The number of rotatable bonds is 6. The molecule has 3 aromatic rings. The molecule has 1 atom stereocenters. The summed E-state index contributed by atoms with van der Waals surface area (Å²) in [6.45, 7) is 4.40. The van der Waals surface area contributed by atoms with Gasteiger partial charge < -0.3 is 15.2 Å². The van der Waals surface area contributed by atoms with E-state index in [1.54, 1.807) is 54.6 Å². The maximum Gasteiger partial charge on any atom is 0.248 e. The van der Waals surface area contributed by atoms with Crippen molar-refractivity contribution in [3.8, 4) is 17.6 Å². The Kier molecular flexibility index (Phi) is 6.14. The predicted molar refractivity (Wildman–Crippen MR) is 124 cm³/mol. The van der Waals surface area contributed by atoms with Gasteiger partial charge in [0.1, 0.15) is 17.6 Å². The van der Waals surface area contributed by atoms with E-state index in [4.69, 9.17) is 15.2 Å². The minimum absolute atomic E-state index is 0.0455. The Morgan fingerprint density at radius 1 is 1.09 bits per heavy atom. The van der Waals surface area contributed by atoms with E-state index in [0.29, 0.717) is 41.2 Å². The highest BCUT2D eigenvalue weighted by Gasteiger charge is 2.27. The van der Waals surface area contributed by atoms with Crippen molar-refractivity contribution in [1.29, 1.82) is 5.26 Å². The Labute approximate surface area is 192 Å². The summed E-state index contributed by atoms with van der Waals surface area (Å²) in [7, 11) is 0. The summed E-state index contributed by atoms with van der Waals surface area (Å²) >= 11 is 0. The quantitative estimate of drug-likeness (QED) is 0.586. The number of nitrogens with zero attached hydrogens (tertiary/aromatic N) is 1. The molecule has 0 saturated carbocycles. The van der Waals surface area contributed by atoms with E-state index in [-0.39, 0.29) is 11.7 Å². The van der Waals surface area contributed by atoms with Gasteiger partial charge in [0.05, 0.1) is 23.8 Å². The number of hydrogen-bond donors (Lipinski definition) is 1. The van der Waals surface area contributed by atoms with Gasteiger partial charge in [-0.25, -0.2) is 0 Å². The lowest BCUT2D eigenvalue weighted by Crippen LogP contribution is -2.19. The van der Waals surface area contributed by atoms with Gasteiger partial charge in [0.2, 0.25) is 5.91 Å². The van der Waals surface area contributed by atoms with E-state index in [9.17, 15) is 14.9 Å². The number of ketones is 1. The third-order valence-electron chi connectivity index (χ3n) is 5.67. The number of nitrogens with two attached hydrogens (primary N) is 1. The van der Waals surface area contributed by atoms with Crippen LogP contribution in [-0.4, -0.2) is 18.3 Å². The largest absolute Gasteiger partial charge is 0.492 e. The normalized spacial score (nSPS) is 13.6. The number of amides is 1. The van der Waals surface area contributed by atoms with Crippen LogP contribution in [0, 0.1) is 11.3 Å². The molecule has 6 nitrogen and oxygen atoms in total. The zero-order chi connectivity index (χ0) is 23.5. The number of carbonyl (C=O) groups is 2. The highest BCUT2D eigenvalue weighted by Crippen LogP contribution is 2.42. The van der Waals surface area contributed by atoms with Gasteiger partial charge in [-0.05, 0) is 53.4 Å². The van der Waals surface area contributed by atoms with Gasteiger partial charge in [-0.2, -0.15) is 5.26 Å². The highest BCUT2D eigenvalue weighted by atomic mass is 16.5. The SMILES string of the molecule is CC(C)c1c(O[C@@H](c2ccc(C(N)=O)cc2)c2cccc(C#N)c2)ccc2c1OCCC2=O. The van der Waals surface area contributed by atoms with Crippen LogP contribution in [0.5, 0.6) is 11.5 Å². The number of nitriles is 1. The summed E-state index contributed by atoms with van der Waals surface area (Å²) in [5, 5.41) is 9.39. The summed E-state index contributed by atoms with van der Waals surface area (Å²) in [6.07, 6.45) is -0.198. The van der Waals surface area contributed by atoms with Crippen molar-refractivity contribution in [2.24, 2.45) is 5.73 Å². The molecule has 4 rings (SSSR count). The Morgan fingerprint density at radius 3 is 2.52 bits per heavy atom. The average molecular weight is 440 g/mol. The molecule has 1 aliphatic heterocycles. The van der Waals surface area contributed by atoms with E-state index in [1.165, 1.54) is 0 Å². The first-order chi connectivity index (χ1) is 15.9. The molecule has 166 valence electrons. The van der Waals surface area contributed by atoms with Crippen molar-refractivity contribution in [3.05, 3.63) is 94.0 Å². The third-order valence-corrected chi connectivity index (χ3v) is 5.67. The van der Waals surface area contributed by atoms with Crippen LogP contribution in [0.3, 0.4) is 0 Å². The fourth-order valence-corrected chi connectivity index (χ4v) is 4.04. The molecule has 0 aliphatic carbocycles. The Hall–Kier alpha value is -4.11. The molecule has 0 bridgehead atoms. The smallest absolute Gasteiger partial charge is 0.248 e. The molecule has 0 unspecified atom stereocenters. The summed E-state index contributed by atoms with van der Waals surface area (Å²) in [5.41, 5.74) is 9.28. The van der Waals surface area contributed by atoms with E-state index in [0.717, 1.165) is 16.7 Å². The number of Topliss-reactive ketones (excluding diaryl/α,β-unsaturated/α-hetero) is 1. The average Bonchev–Trinajstić information content (AvgIpc) is 2.82. The number of ether oxygens (including phenoxy) is 2. The lowest BCUT2D eigenvalue weighted by molar-refractivity contribution is 0.0930. The summed E-state index contributed by atoms with van der Waals surface area (Å²) in [5.74, 6) is 0.774. The fourth-order valence-electron chi connectivity index (χ4n) is 4.04. The second-order valence-corrected chi connectivity index (χ2v) is 8.25. The molecule has 1 heterocycles. The van der Waals surface area contributed by atoms with Crippen LogP contribution in [0.25, 0.3) is 0 Å². The molecule has 33 heavy (non-hydrogen) atoms. The molecule has 0 radical (unpaired) electrons. The topological polar surface area (TPSA) is 102 Å². The number of primary amides is 1. The van der Waals surface area contributed by atoms with Crippen molar-refractivity contribution in [1.82, 2.24) is 0 Å². The molecular formula is C27H24N2O4. The molecular weight excluding hydrogens is 416 g/mol. The monoisotopic (exact) mass is 440 g/mol.